The molecule has 2 atom stereocenters. The van der Waals surface area contributed by atoms with Crippen molar-refractivity contribution < 1.29 is 14.3 Å². The SMILES string of the molecule is CCCNC(=O)C1CSC(c2ccccc2C)N1C(=O)Nc1ccccc1OC. The molecule has 0 radical (unpaired) electrons. The number of benzene rings is 2. The fourth-order valence-corrected chi connectivity index (χ4v) is 4.88. The van der Waals surface area contributed by atoms with Gasteiger partial charge in [0.2, 0.25) is 5.91 Å². The molecule has 154 valence electrons. The number of urea groups is 1. The predicted octanol–water partition coefficient (Wildman–Crippen LogP) is 4.18. The van der Waals surface area contributed by atoms with Crippen molar-refractivity contribution in [3.63, 3.8) is 0 Å². The standard InChI is InChI=1S/C22H27N3O3S/c1-4-13-23-20(26)18-14-29-21(16-10-6-5-9-15(16)2)25(18)22(27)24-17-11-7-8-12-19(17)28-3/h5-12,18,21H,4,13-14H2,1-3H3,(H,23,26)(H,24,27). The van der Waals surface area contributed by atoms with E-state index in [4.69, 9.17) is 4.74 Å². The van der Waals surface area contributed by atoms with Gasteiger partial charge in [-0.3, -0.25) is 9.69 Å². The molecule has 7 heteroatoms. The molecule has 1 aliphatic heterocycles. The van der Waals surface area contributed by atoms with Crippen molar-refractivity contribution in [2.24, 2.45) is 0 Å². The van der Waals surface area contributed by atoms with Crippen LogP contribution in [0.2, 0.25) is 0 Å². The number of ether oxygens (including phenoxy) is 1. The van der Waals surface area contributed by atoms with Gasteiger partial charge in [0.25, 0.3) is 0 Å². The van der Waals surface area contributed by atoms with Gasteiger partial charge >= 0.3 is 6.03 Å². The maximum absolute atomic E-state index is 13.3. The van der Waals surface area contributed by atoms with E-state index in [-0.39, 0.29) is 17.3 Å². The Morgan fingerprint density at radius 1 is 1.17 bits per heavy atom. The van der Waals surface area contributed by atoms with Gasteiger partial charge in [-0.25, -0.2) is 4.79 Å². The largest absolute Gasteiger partial charge is 0.495 e. The van der Waals surface area contributed by atoms with Crippen molar-refractivity contribution in [2.75, 3.05) is 24.7 Å². The smallest absolute Gasteiger partial charge is 0.323 e. The molecule has 1 fully saturated rings. The summed E-state index contributed by atoms with van der Waals surface area (Å²) in [5.74, 6) is 1.01. The number of carbonyl (C=O) groups excluding carboxylic acids is 2. The Morgan fingerprint density at radius 3 is 2.62 bits per heavy atom. The van der Waals surface area contributed by atoms with E-state index in [9.17, 15) is 9.59 Å². The Balaban J connectivity index is 1.91. The number of anilines is 1. The number of nitrogens with one attached hydrogen (secondary N) is 2. The van der Waals surface area contributed by atoms with E-state index in [1.807, 2.05) is 50.2 Å². The first kappa shape index (κ1) is 21.0. The van der Waals surface area contributed by atoms with Gasteiger partial charge in [-0.2, -0.15) is 0 Å². The molecule has 2 N–H and O–H groups in total. The Kier molecular flexibility index (Phi) is 7.04. The van der Waals surface area contributed by atoms with Crippen molar-refractivity contribution in [1.29, 1.82) is 0 Å². The third-order valence-corrected chi connectivity index (χ3v) is 6.19. The molecule has 2 aromatic rings. The van der Waals surface area contributed by atoms with E-state index in [1.165, 1.54) is 0 Å². The minimum Gasteiger partial charge on any atom is -0.495 e. The lowest BCUT2D eigenvalue weighted by molar-refractivity contribution is -0.124. The molecule has 0 bridgehead atoms. The monoisotopic (exact) mass is 413 g/mol. The van der Waals surface area contributed by atoms with Crippen LogP contribution >= 0.6 is 11.8 Å². The summed E-state index contributed by atoms with van der Waals surface area (Å²) >= 11 is 1.61. The number of para-hydroxylation sites is 2. The van der Waals surface area contributed by atoms with Crippen molar-refractivity contribution >= 4 is 29.4 Å². The second kappa shape index (κ2) is 9.69. The maximum Gasteiger partial charge on any atom is 0.323 e. The number of rotatable bonds is 6. The molecule has 3 rings (SSSR count). The second-order valence-corrected chi connectivity index (χ2v) is 8.00. The van der Waals surface area contributed by atoms with Crippen molar-refractivity contribution in [2.45, 2.75) is 31.7 Å². The molecule has 0 saturated carbocycles. The van der Waals surface area contributed by atoms with Crippen molar-refractivity contribution in [1.82, 2.24) is 10.2 Å². The molecule has 2 unspecified atom stereocenters. The van der Waals surface area contributed by atoms with E-state index in [0.717, 1.165) is 17.5 Å². The molecule has 0 spiro atoms. The van der Waals surface area contributed by atoms with E-state index in [1.54, 1.807) is 35.9 Å². The van der Waals surface area contributed by atoms with Crippen LogP contribution in [0.25, 0.3) is 0 Å². The predicted molar refractivity (Wildman–Crippen MR) is 117 cm³/mol. The zero-order valence-electron chi connectivity index (χ0n) is 17.0. The number of hydrogen-bond donors (Lipinski definition) is 2. The quantitative estimate of drug-likeness (QED) is 0.745. The van der Waals surface area contributed by atoms with Gasteiger partial charge in [0, 0.05) is 12.3 Å². The van der Waals surface area contributed by atoms with Gasteiger partial charge < -0.3 is 15.4 Å². The topological polar surface area (TPSA) is 70.7 Å². The summed E-state index contributed by atoms with van der Waals surface area (Å²) in [6.07, 6.45) is 0.847. The van der Waals surface area contributed by atoms with Gasteiger partial charge in [0.05, 0.1) is 12.8 Å². The zero-order chi connectivity index (χ0) is 20.8. The van der Waals surface area contributed by atoms with E-state index in [0.29, 0.717) is 23.7 Å². The summed E-state index contributed by atoms with van der Waals surface area (Å²) in [6, 6.07) is 14.4. The number of methoxy groups -OCH3 is 1. The molecule has 1 aliphatic rings. The Morgan fingerprint density at radius 2 is 1.90 bits per heavy atom. The molecule has 1 saturated heterocycles. The average Bonchev–Trinajstić information content (AvgIpc) is 3.18. The summed E-state index contributed by atoms with van der Waals surface area (Å²) in [5, 5.41) is 5.63. The first-order valence-corrected chi connectivity index (χ1v) is 10.8. The van der Waals surface area contributed by atoms with Crippen LogP contribution in [0.5, 0.6) is 5.75 Å². The molecule has 1 heterocycles. The number of amides is 3. The van der Waals surface area contributed by atoms with Crippen LogP contribution in [0.3, 0.4) is 0 Å². The highest BCUT2D eigenvalue weighted by Crippen LogP contribution is 2.43. The Bertz CT molecular complexity index is 874. The molecule has 6 nitrogen and oxygen atoms in total. The fourth-order valence-electron chi connectivity index (χ4n) is 3.35. The zero-order valence-corrected chi connectivity index (χ0v) is 17.8. The lowest BCUT2D eigenvalue weighted by Gasteiger charge is -2.30. The summed E-state index contributed by atoms with van der Waals surface area (Å²) in [6.45, 7) is 4.62. The van der Waals surface area contributed by atoms with E-state index >= 15 is 0 Å². The van der Waals surface area contributed by atoms with Gasteiger partial charge in [-0.1, -0.05) is 43.3 Å². The van der Waals surface area contributed by atoms with Crippen LogP contribution in [0.1, 0.15) is 29.8 Å². The molecule has 3 amide bonds. The molecular formula is C22H27N3O3S. The number of thioether (sulfide) groups is 1. The summed E-state index contributed by atoms with van der Waals surface area (Å²) in [7, 11) is 1.56. The van der Waals surface area contributed by atoms with Gasteiger partial charge in [0.1, 0.15) is 17.2 Å². The van der Waals surface area contributed by atoms with Crippen LogP contribution in [0.4, 0.5) is 10.5 Å². The highest BCUT2D eigenvalue weighted by Gasteiger charge is 2.42. The minimum atomic E-state index is -0.536. The summed E-state index contributed by atoms with van der Waals surface area (Å²) in [4.78, 5) is 27.8. The number of aryl methyl sites for hydroxylation is 1. The normalized spacial score (nSPS) is 18.4. The fraction of sp³-hybridized carbons (Fsp3) is 0.364. The lowest BCUT2D eigenvalue weighted by atomic mass is 10.1. The Labute approximate surface area is 176 Å². The van der Waals surface area contributed by atoms with Gasteiger partial charge in [-0.05, 0) is 36.6 Å². The third kappa shape index (κ3) is 4.67. The van der Waals surface area contributed by atoms with Crippen LogP contribution in [-0.4, -0.2) is 42.3 Å². The maximum atomic E-state index is 13.3. The number of hydrogen-bond acceptors (Lipinski definition) is 4. The second-order valence-electron chi connectivity index (χ2n) is 6.89. The number of carbonyl (C=O) groups is 2. The van der Waals surface area contributed by atoms with Crippen LogP contribution < -0.4 is 15.4 Å². The molecule has 29 heavy (non-hydrogen) atoms. The van der Waals surface area contributed by atoms with Gasteiger partial charge in [0.15, 0.2) is 0 Å². The first-order chi connectivity index (χ1) is 14.1. The van der Waals surface area contributed by atoms with Crippen LogP contribution in [-0.2, 0) is 4.79 Å². The van der Waals surface area contributed by atoms with Gasteiger partial charge in [-0.15, -0.1) is 11.8 Å². The third-order valence-electron chi connectivity index (χ3n) is 4.89. The van der Waals surface area contributed by atoms with Crippen molar-refractivity contribution in [3.8, 4) is 5.75 Å². The summed E-state index contributed by atoms with van der Waals surface area (Å²) < 4.78 is 5.35. The summed E-state index contributed by atoms with van der Waals surface area (Å²) in [5.41, 5.74) is 2.71. The molecule has 2 aromatic carbocycles. The molecule has 0 aliphatic carbocycles. The van der Waals surface area contributed by atoms with E-state index in [2.05, 4.69) is 10.6 Å². The Hall–Kier alpha value is -2.67. The van der Waals surface area contributed by atoms with E-state index < -0.39 is 6.04 Å². The first-order valence-electron chi connectivity index (χ1n) is 9.74. The molecule has 0 aromatic heterocycles. The van der Waals surface area contributed by atoms with Crippen molar-refractivity contribution in [3.05, 3.63) is 59.7 Å². The van der Waals surface area contributed by atoms with Crippen LogP contribution in [0.15, 0.2) is 48.5 Å². The average molecular weight is 414 g/mol. The lowest BCUT2D eigenvalue weighted by Crippen LogP contribution is -2.49. The minimum absolute atomic E-state index is 0.120. The number of nitrogens with zero attached hydrogens (tertiary/aromatic N) is 1. The highest BCUT2D eigenvalue weighted by atomic mass is 32.2. The van der Waals surface area contributed by atoms with Crippen LogP contribution in [0, 0.1) is 6.92 Å². The molecular weight excluding hydrogens is 386 g/mol. The highest BCUT2D eigenvalue weighted by molar-refractivity contribution is 7.99.